The zero-order valence-corrected chi connectivity index (χ0v) is 9.43. The standard InChI is InChI=1S/C12H15ClN2/c1-9(13)7-15-6-5-11-10(8-15)3-2-4-12(11)14/h2-4H,1,5-8,14H2. The van der Waals surface area contributed by atoms with Gasteiger partial charge in [-0.1, -0.05) is 30.3 Å². The number of rotatable bonds is 2. The first-order chi connectivity index (χ1) is 7.16. The number of fused-ring (bicyclic) bond motifs is 1. The van der Waals surface area contributed by atoms with Crippen LogP contribution in [-0.2, 0) is 13.0 Å². The summed E-state index contributed by atoms with van der Waals surface area (Å²) in [5, 5.41) is 0.697. The van der Waals surface area contributed by atoms with Gasteiger partial charge in [0, 0.05) is 30.4 Å². The zero-order valence-electron chi connectivity index (χ0n) is 8.67. The Bertz CT molecular complexity index is 387. The molecular formula is C12H15ClN2. The maximum absolute atomic E-state index is 5.93. The molecule has 0 spiro atoms. The van der Waals surface area contributed by atoms with Gasteiger partial charge >= 0.3 is 0 Å². The molecule has 2 nitrogen and oxygen atoms in total. The molecule has 1 heterocycles. The third-order valence-corrected chi connectivity index (χ3v) is 2.90. The van der Waals surface area contributed by atoms with Crippen molar-refractivity contribution in [3.63, 3.8) is 0 Å². The largest absolute Gasteiger partial charge is 0.398 e. The third kappa shape index (κ3) is 2.33. The summed E-state index contributed by atoms with van der Waals surface area (Å²) in [6.45, 7) is 6.41. The van der Waals surface area contributed by atoms with Gasteiger partial charge in [-0.2, -0.15) is 0 Å². The molecule has 2 rings (SSSR count). The Morgan fingerprint density at radius 2 is 2.33 bits per heavy atom. The maximum atomic E-state index is 5.93. The van der Waals surface area contributed by atoms with Crippen LogP contribution in [0, 0.1) is 0 Å². The van der Waals surface area contributed by atoms with Crippen molar-refractivity contribution < 1.29 is 0 Å². The third-order valence-electron chi connectivity index (χ3n) is 2.78. The SMILES string of the molecule is C=C(Cl)CN1CCc2c(N)cccc2C1. The second-order valence-corrected chi connectivity index (χ2v) is 4.50. The van der Waals surface area contributed by atoms with E-state index in [2.05, 4.69) is 17.5 Å². The summed E-state index contributed by atoms with van der Waals surface area (Å²) in [7, 11) is 0. The van der Waals surface area contributed by atoms with E-state index in [1.54, 1.807) is 0 Å². The minimum Gasteiger partial charge on any atom is -0.398 e. The number of nitrogens with zero attached hydrogens (tertiary/aromatic N) is 1. The number of halogens is 1. The van der Waals surface area contributed by atoms with Crippen LogP contribution >= 0.6 is 11.6 Å². The fraction of sp³-hybridized carbons (Fsp3) is 0.333. The van der Waals surface area contributed by atoms with Gasteiger partial charge in [-0.25, -0.2) is 0 Å². The molecule has 0 aromatic heterocycles. The van der Waals surface area contributed by atoms with Crippen LogP contribution in [0.1, 0.15) is 11.1 Å². The van der Waals surface area contributed by atoms with Crippen LogP contribution in [-0.4, -0.2) is 18.0 Å². The molecule has 1 aromatic carbocycles. The quantitative estimate of drug-likeness (QED) is 0.779. The highest BCUT2D eigenvalue weighted by molar-refractivity contribution is 6.29. The molecule has 0 radical (unpaired) electrons. The molecule has 0 atom stereocenters. The predicted octanol–water partition coefficient (Wildman–Crippen LogP) is 2.38. The highest BCUT2D eigenvalue weighted by atomic mass is 35.5. The van der Waals surface area contributed by atoms with Gasteiger partial charge in [0.1, 0.15) is 0 Å². The lowest BCUT2D eigenvalue weighted by Crippen LogP contribution is -2.31. The number of hydrogen-bond donors (Lipinski definition) is 1. The average molecular weight is 223 g/mol. The number of benzene rings is 1. The van der Waals surface area contributed by atoms with E-state index in [1.807, 2.05) is 12.1 Å². The van der Waals surface area contributed by atoms with Gasteiger partial charge in [-0.05, 0) is 23.6 Å². The maximum Gasteiger partial charge on any atom is 0.0350 e. The van der Waals surface area contributed by atoms with Gasteiger partial charge in [-0.3, -0.25) is 4.90 Å². The lowest BCUT2D eigenvalue weighted by Gasteiger charge is -2.29. The summed E-state index contributed by atoms with van der Waals surface area (Å²) in [4.78, 5) is 2.29. The Morgan fingerprint density at radius 1 is 1.53 bits per heavy atom. The van der Waals surface area contributed by atoms with Crippen LogP contribution in [0.3, 0.4) is 0 Å². The van der Waals surface area contributed by atoms with E-state index in [0.717, 1.165) is 31.7 Å². The molecule has 0 unspecified atom stereocenters. The number of nitrogen functional groups attached to an aromatic ring is 1. The van der Waals surface area contributed by atoms with Gasteiger partial charge in [-0.15, -0.1) is 0 Å². The summed E-state index contributed by atoms with van der Waals surface area (Å²) in [5.74, 6) is 0. The predicted molar refractivity (Wildman–Crippen MR) is 64.8 cm³/mol. The van der Waals surface area contributed by atoms with Crippen LogP contribution in [0.4, 0.5) is 5.69 Å². The molecule has 1 aliphatic heterocycles. The smallest absolute Gasteiger partial charge is 0.0350 e. The average Bonchev–Trinajstić information content (AvgIpc) is 2.17. The summed E-state index contributed by atoms with van der Waals surface area (Å²) in [5.41, 5.74) is 9.46. The molecule has 0 aliphatic carbocycles. The molecule has 0 saturated heterocycles. The first kappa shape index (κ1) is 10.5. The Kier molecular flexibility index (Phi) is 2.98. The minimum absolute atomic E-state index is 0.697. The Labute approximate surface area is 95.3 Å². The summed E-state index contributed by atoms with van der Waals surface area (Å²) in [6, 6.07) is 6.11. The number of nitrogens with two attached hydrogens (primary N) is 1. The second kappa shape index (κ2) is 4.25. The van der Waals surface area contributed by atoms with E-state index in [-0.39, 0.29) is 0 Å². The highest BCUT2D eigenvalue weighted by Crippen LogP contribution is 2.24. The summed E-state index contributed by atoms with van der Waals surface area (Å²) in [6.07, 6.45) is 1.01. The molecular weight excluding hydrogens is 208 g/mol. The second-order valence-electron chi connectivity index (χ2n) is 3.96. The van der Waals surface area contributed by atoms with Crippen LogP contribution < -0.4 is 5.73 Å². The van der Waals surface area contributed by atoms with E-state index in [1.165, 1.54) is 11.1 Å². The van der Waals surface area contributed by atoms with Crippen LogP contribution in [0.5, 0.6) is 0 Å². The van der Waals surface area contributed by atoms with Crippen molar-refractivity contribution in [3.05, 3.63) is 40.9 Å². The molecule has 0 bridgehead atoms. The molecule has 0 saturated carbocycles. The van der Waals surface area contributed by atoms with Crippen molar-refractivity contribution in [3.8, 4) is 0 Å². The molecule has 3 heteroatoms. The van der Waals surface area contributed by atoms with Gasteiger partial charge < -0.3 is 5.73 Å². The van der Waals surface area contributed by atoms with E-state index in [0.29, 0.717) is 5.03 Å². The Morgan fingerprint density at radius 3 is 3.07 bits per heavy atom. The van der Waals surface area contributed by atoms with Crippen LogP contribution in [0.15, 0.2) is 29.8 Å². The lowest BCUT2D eigenvalue weighted by molar-refractivity contribution is 0.280. The minimum atomic E-state index is 0.697. The first-order valence-electron chi connectivity index (χ1n) is 5.08. The highest BCUT2D eigenvalue weighted by Gasteiger charge is 2.17. The summed E-state index contributed by atoms with van der Waals surface area (Å²) >= 11 is 5.81. The van der Waals surface area contributed by atoms with E-state index >= 15 is 0 Å². The fourth-order valence-electron chi connectivity index (χ4n) is 2.08. The topological polar surface area (TPSA) is 29.3 Å². The molecule has 0 amide bonds. The molecule has 1 aromatic rings. The van der Waals surface area contributed by atoms with E-state index in [4.69, 9.17) is 17.3 Å². The molecule has 2 N–H and O–H groups in total. The van der Waals surface area contributed by atoms with Crippen molar-refractivity contribution in [1.29, 1.82) is 0 Å². The monoisotopic (exact) mass is 222 g/mol. The van der Waals surface area contributed by atoms with Crippen molar-refractivity contribution in [2.24, 2.45) is 0 Å². The van der Waals surface area contributed by atoms with Gasteiger partial charge in [0.25, 0.3) is 0 Å². The van der Waals surface area contributed by atoms with Crippen LogP contribution in [0.2, 0.25) is 0 Å². The number of anilines is 1. The van der Waals surface area contributed by atoms with E-state index < -0.39 is 0 Å². The van der Waals surface area contributed by atoms with Crippen LogP contribution in [0.25, 0.3) is 0 Å². The van der Waals surface area contributed by atoms with Gasteiger partial charge in [0.05, 0.1) is 0 Å². The van der Waals surface area contributed by atoms with E-state index in [9.17, 15) is 0 Å². The Hall–Kier alpha value is -0.990. The molecule has 0 fully saturated rings. The normalized spacial score (nSPS) is 16.1. The lowest BCUT2D eigenvalue weighted by atomic mass is 9.98. The first-order valence-corrected chi connectivity index (χ1v) is 5.46. The molecule has 1 aliphatic rings. The fourth-order valence-corrected chi connectivity index (χ4v) is 2.24. The van der Waals surface area contributed by atoms with Crippen molar-refractivity contribution in [1.82, 2.24) is 4.90 Å². The Balaban J connectivity index is 2.17. The molecule has 80 valence electrons. The van der Waals surface area contributed by atoms with Crippen molar-refractivity contribution >= 4 is 17.3 Å². The van der Waals surface area contributed by atoms with Crippen molar-refractivity contribution in [2.45, 2.75) is 13.0 Å². The van der Waals surface area contributed by atoms with Crippen molar-refractivity contribution in [2.75, 3.05) is 18.8 Å². The van der Waals surface area contributed by atoms with Gasteiger partial charge in [0.15, 0.2) is 0 Å². The molecule has 15 heavy (non-hydrogen) atoms. The van der Waals surface area contributed by atoms with Gasteiger partial charge in [0.2, 0.25) is 0 Å². The summed E-state index contributed by atoms with van der Waals surface area (Å²) < 4.78 is 0. The number of hydrogen-bond acceptors (Lipinski definition) is 2. The zero-order chi connectivity index (χ0) is 10.8.